The van der Waals surface area contributed by atoms with Gasteiger partial charge in [0, 0.05) is 10.5 Å². The molecule has 8 nitrogen and oxygen atoms in total. The summed E-state index contributed by atoms with van der Waals surface area (Å²) < 4.78 is 2.47. The van der Waals surface area contributed by atoms with Gasteiger partial charge in [0.2, 0.25) is 11.8 Å². The fourth-order valence-electron chi connectivity index (χ4n) is 2.86. The van der Waals surface area contributed by atoms with Gasteiger partial charge in [-0.15, -0.1) is 0 Å². The number of hydrogen-bond donors (Lipinski definition) is 2. The summed E-state index contributed by atoms with van der Waals surface area (Å²) in [6.45, 7) is 2.11. The largest absolute Gasteiger partial charge is 0.346 e. The van der Waals surface area contributed by atoms with Gasteiger partial charge in [-0.3, -0.25) is 14.5 Å². The van der Waals surface area contributed by atoms with Gasteiger partial charge in [0.15, 0.2) is 0 Å². The van der Waals surface area contributed by atoms with Crippen LogP contribution in [0.15, 0.2) is 65.7 Å². The van der Waals surface area contributed by atoms with E-state index >= 15 is 0 Å². The highest BCUT2D eigenvalue weighted by molar-refractivity contribution is 9.10. The van der Waals surface area contributed by atoms with Crippen molar-refractivity contribution < 1.29 is 9.59 Å². The summed E-state index contributed by atoms with van der Waals surface area (Å²) in [4.78, 5) is 30.2. The Hall–Kier alpha value is -3.04. The van der Waals surface area contributed by atoms with Crippen molar-refractivity contribution in [3.63, 3.8) is 0 Å². The second-order valence-electron chi connectivity index (χ2n) is 6.83. The normalized spacial score (nSPS) is 11.9. The van der Waals surface area contributed by atoms with Gasteiger partial charge in [-0.2, -0.15) is 5.10 Å². The van der Waals surface area contributed by atoms with Gasteiger partial charge in [0.1, 0.15) is 12.7 Å². The van der Waals surface area contributed by atoms with Crippen LogP contribution in [0.3, 0.4) is 0 Å². The van der Waals surface area contributed by atoms with Crippen molar-refractivity contribution in [3.8, 4) is 5.69 Å². The Bertz CT molecular complexity index is 991. The molecule has 0 spiro atoms. The number of rotatable bonds is 8. The molecule has 9 heteroatoms. The second kappa shape index (κ2) is 10.1. The lowest BCUT2D eigenvalue weighted by Crippen LogP contribution is -2.39. The Labute approximate surface area is 183 Å². The average Bonchev–Trinajstić information content (AvgIpc) is 3.28. The summed E-state index contributed by atoms with van der Waals surface area (Å²) in [5, 5.41) is 9.53. The van der Waals surface area contributed by atoms with Crippen LogP contribution in [0.5, 0.6) is 0 Å². The molecule has 2 amide bonds. The van der Waals surface area contributed by atoms with Crippen LogP contribution in [0, 0.1) is 0 Å². The zero-order valence-corrected chi connectivity index (χ0v) is 18.3. The lowest BCUT2D eigenvalue weighted by atomic mass is 10.1. The topological polar surface area (TPSA) is 92.2 Å². The molecule has 3 aromatic rings. The highest BCUT2D eigenvalue weighted by Crippen LogP contribution is 2.21. The zero-order valence-electron chi connectivity index (χ0n) is 16.7. The van der Waals surface area contributed by atoms with Crippen molar-refractivity contribution in [2.24, 2.45) is 0 Å². The number of amides is 2. The van der Waals surface area contributed by atoms with Gasteiger partial charge in [0.05, 0.1) is 24.5 Å². The molecular formula is C21H23BrN6O2. The fraction of sp³-hybridized carbons (Fsp3) is 0.238. The summed E-state index contributed by atoms with van der Waals surface area (Å²) in [5.41, 5.74) is 2.65. The first-order valence-corrected chi connectivity index (χ1v) is 10.2. The molecule has 3 rings (SSSR count). The molecule has 30 heavy (non-hydrogen) atoms. The zero-order chi connectivity index (χ0) is 21.5. The Morgan fingerprint density at radius 2 is 1.87 bits per heavy atom. The van der Waals surface area contributed by atoms with Gasteiger partial charge in [0.25, 0.3) is 0 Å². The summed E-state index contributed by atoms with van der Waals surface area (Å²) in [6.07, 6.45) is 3.13. The van der Waals surface area contributed by atoms with E-state index < -0.39 is 0 Å². The fourth-order valence-corrected chi connectivity index (χ4v) is 3.24. The van der Waals surface area contributed by atoms with Crippen LogP contribution < -0.4 is 10.6 Å². The van der Waals surface area contributed by atoms with Gasteiger partial charge in [-0.05, 0) is 59.7 Å². The number of hydrogen-bond acceptors (Lipinski definition) is 5. The molecule has 0 saturated carbocycles. The van der Waals surface area contributed by atoms with Gasteiger partial charge in [-0.1, -0.05) is 24.3 Å². The lowest BCUT2D eigenvalue weighted by molar-refractivity contribution is -0.125. The lowest BCUT2D eigenvalue weighted by Gasteiger charge is -2.24. The number of nitrogens with one attached hydrogen (secondary N) is 2. The van der Waals surface area contributed by atoms with E-state index in [1.54, 1.807) is 17.1 Å². The van der Waals surface area contributed by atoms with Crippen molar-refractivity contribution >= 4 is 33.4 Å². The van der Waals surface area contributed by atoms with Crippen molar-refractivity contribution in [2.45, 2.75) is 13.0 Å². The van der Waals surface area contributed by atoms with E-state index in [4.69, 9.17) is 0 Å². The summed E-state index contributed by atoms with van der Waals surface area (Å²) >= 11 is 3.37. The molecular weight excluding hydrogens is 448 g/mol. The summed E-state index contributed by atoms with van der Waals surface area (Å²) in [6, 6.07) is 15.3. The van der Waals surface area contributed by atoms with E-state index in [0.29, 0.717) is 5.69 Å². The molecule has 1 aromatic heterocycles. The standard InChI is InChI=1S/C21H23BrN6O2/c1-15(16-7-9-17(10-8-16)28-14-23-13-25-28)27(2)12-21(30)24-11-20(29)26-19-6-4-3-5-18(19)22/h3-10,13-15H,11-12H2,1-2H3,(H,24,30)(H,26,29). The van der Waals surface area contributed by atoms with Gasteiger partial charge in [-0.25, -0.2) is 9.67 Å². The van der Waals surface area contributed by atoms with Crippen molar-refractivity contribution in [3.05, 3.63) is 71.2 Å². The number of anilines is 1. The second-order valence-corrected chi connectivity index (χ2v) is 7.68. The van der Waals surface area contributed by atoms with Crippen LogP contribution in [0.1, 0.15) is 18.5 Å². The molecule has 0 fully saturated rings. The smallest absolute Gasteiger partial charge is 0.243 e. The molecule has 0 aliphatic rings. The van der Waals surface area contributed by atoms with Gasteiger partial charge >= 0.3 is 0 Å². The maximum atomic E-state index is 12.3. The highest BCUT2D eigenvalue weighted by Gasteiger charge is 2.16. The molecule has 0 bridgehead atoms. The third-order valence-electron chi connectivity index (χ3n) is 4.71. The van der Waals surface area contributed by atoms with E-state index in [1.165, 1.54) is 6.33 Å². The first-order chi connectivity index (χ1) is 14.4. The van der Waals surface area contributed by atoms with Crippen LogP contribution in [0.25, 0.3) is 5.69 Å². The molecule has 1 unspecified atom stereocenters. The number of aromatic nitrogens is 3. The van der Waals surface area contributed by atoms with E-state index in [1.807, 2.05) is 61.3 Å². The van der Waals surface area contributed by atoms with Crippen molar-refractivity contribution in [1.82, 2.24) is 25.0 Å². The predicted molar refractivity (Wildman–Crippen MR) is 118 cm³/mol. The van der Waals surface area contributed by atoms with E-state index in [9.17, 15) is 9.59 Å². The molecule has 2 aromatic carbocycles. The molecule has 2 N–H and O–H groups in total. The average molecular weight is 471 g/mol. The van der Waals surface area contributed by atoms with Crippen LogP contribution in [0.4, 0.5) is 5.69 Å². The maximum Gasteiger partial charge on any atom is 0.243 e. The van der Waals surface area contributed by atoms with Crippen LogP contribution in [-0.4, -0.2) is 51.6 Å². The number of likely N-dealkylation sites (N-methyl/N-ethyl adjacent to an activating group) is 1. The molecule has 0 radical (unpaired) electrons. The Morgan fingerprint density at radius 1 is 1.13 bits per heavy atom. The molecule has 0 aliphatic carbocycles. The van der Waals surface area contributed by atoms with E-state index in [-0.39, 0.29) is 30.9 Å². The quantitative estimate of drug-likeness (QED) is 0.527. The SMILES string of the molecule is CC(c1ccc(-n2cncn2)cc1)N(C)CC(=O)NCC(=O)Nc1ccccc1Br. The van der Waals surface area contributed by atoms with Crippen molar-refractivity contribution in [1.29, 1.82) is 0 Å². The number of benzene rings is 2. The number of carbonyl (C=O) groups is 2. The molecule has 0 aliphatic heterocycles. The molecule has 156 valence electrons. The molecule has 1 atom stereocenters. The van der Waals surface area contributed by atoms with Gasteiger partial charge < -0.3 is 10.6 Å². The minimum atomic E-state index is -0.283. The minimum absolute atomic E-state index is 0.0228. The Morgan fingerprint density at radius 3 is 2.53 bits per heavy atom. The van der Waals surface area contributed by atoms with E-state index in [0.717, 1.165) is 15.7 Å². The minimum Gasteiger partial charge on any atom is -0.346 e. The third-order valence-corrected chi connectivity index (χ3v) is 5.40. The molecule has 1 heterocycles. The first-order valence-electron chi connectivity index (χ1n) is 9.40. The van der Waals surface area contributed by atoms with Crippen LogP contribution in [0.2, 0.25) is 0 Å². The summed E-state index contributed by atoms with van der Waals surface area (Å²) in [5.74, 6) is -0.500. The van der Waals surface area contributed by atoms with Crippen LogP contribution in [-0.2, 0) is 9.59 Å². The summed E-state index contributed by atoms with van der Waals surface area (Å²) in [7, 11) is 1.87. The van der Waals surface area contributed by atoms with Crippen LogP contribution >= 0.6 is 15.9 Å². The number of nitrogens with zero attached hydrogens (tertiary/aromatic N) is 4. The predicted octanol–water partition coefficient (Wildman–Crippen LogP) is 2.78. The number of para-hydroxylation sites is 1. The Balaban J connectivity index is 1.47. The van der Waals surface area contributed by atoms with E-state index in [2.05, 4.69) is 36.6 Å². The highest BCUT2D eigenvalue weighted by atomic mass is 79.9. The van der Waals surface area contributed by atoms with Crippen molar-refractivity contribution in [2.75, 3.05) is 25.5 Å². The monoisotopic (exact) mass is 470 g/mol. The first kappa shape index (κ1) is 21.7. The number of carbonyl (C=O) groups excluding carboxylic acids is 2. The third kappa shape index (κ3) is 5.74. The Kier molecular flexibility index (Phi) is 7.31. The number of halogens is 1. The maximum absolute atomic E-state index is 12.3. The molecule has 0 saturated heterocycles.